The van der Waals surface area contributed by atoms with E-state index < -0.39 is 31.5 Å². The van der Waals surface area contributed by atoms with E-state index in [4.69, 9.17) is 9.47 Å². The lowest BCUT2D eigenvalue weighted by atomic mass is 9.94. The monoisotopic (exact) mass is 364 g/mol. The van der Waals surface area contributed by atoms with Crippen LogP contribution in [0.25, 0.3) is 0 Å². The normalized spacial score (nSPS) is 13.6. The SMILES string of the molecule is CC[Si](CC)(CC)C(C(=O)OC)C(C(=O)OC)C(=O)c1ccccc1. The fourth-order valence-corrected chi connectivity index (χ4v) is 8.01. The van der Waals surface area contributed by atoms with Crippen molar-refractivity contribution < 1.29 is 23.9 Å². The highest BCUT2D eigenvalue weighted by molar-refractivity contribution is 6.84. The molecule has 0 saturated carbocycles. The molecule has 0 N–H and O–H groups in total. The number of methoxy groups -OCH3 is 2. The van der Waals surface area contributed by atoms with Crippen molar-refractivity contribution in [2.24, 2.45) is 5.92 Å². The van der Waals surface area contributed by atoms with Crippen molar-refractivity contribution >= 4 is 25.8 Å². The van der Waals surface area contributed by atoms with Crippen LogP contribution >= 0.6 is 0 Å². The number of benzene rings is 1. The molecule has 0 heterocycles. The molecular formula is C19H28O5Si. The molecule has 5 nitrogen and oxygen atoms in total. The third kappa shape index (κ3) is 4.37. The van der Waals surface area contributed by atoms with Gasteiger partial charge in [-0.3, -0.25) is 14.4 Å². The molecule has 138 valence electrons. The predicted octanol–water partition coefficient (Wildman–Crippen LogP) is 3.71. The van der Waals surface area contributed by atoms with Crippen molar-refractivity contribution in [2.45, 2.75) is 44.4 Å². The summed E-state index contributed by atoms with van der Waals surface area (Å²) >= 11 is 0. The van der Waals surface area contributed by atoms with Gasteiger partial charge in [-0.2, -0.15) is 0 Å². The van der Waals surface area contributed by atoms with Crippen LogP contribution in [0.4, 0.5) is 0 Å². The smallest absolute Gasteiger partial charge is 0.317 e. The van der Waals surface area contributed by atoms with Gasteiger partial charge in [0.25, 0.3) is 0 Å². The summed E-state index contributed by atoms with van der Waals surface area (Å²) in [4.78, 5) is 38.4. The molecule has 6 heteroatoms. The predicted molar refractivity (Wildman–Crippen MR) is 99.2 cm³/mol. The van der Waals surface area contributed by atoms with Crippen molar-refractivity contribution in [3.05, 3.63) is 35.9 Å². The molecular weight excluding hydrogens is 336 g/mol. The number of ketones is 1. The third-order valence-electron chi connectivity index (χ3n) is 5.36. The average molecular weight is 365 g/mol. The molecule has 0 aliphatic rings. The van der Waals surface area contributed by atoms with E-state index in [9.17, 15) is 14.4 Å². The molecule has 0 saturated heterocycles. The molecule has 0 aliphatic heterocycles. The van der Waals surface area contributed by atoms with Gasteiger partial charge in [-0.25, -0.2) is 0 Å². The van der Waals surface area contributed by atoms with E-state index in [2.05, 4.69) is 0 Å². The first-order chi connectivity index (χ1) is 11.9. The largest absolute Gasteiger partial charge is 0.469 e. The first-order valence-corrected chi connectivity index (χ1v) is 11.4. The van der Waals surface area contributed by atoms with Crippen LogP contribution in [0, 0.1) is 5.92 Å². The van der Waals surface area contributed by atoms with Crippen LogP contribution in [-0.4, -0.2) is 40.0 Å². The Morgan fingerprint density at radius 1 is 0.880 bits per heavy atom. The summed E-state index contributed by atoms with van der Waals surface area (Å²) < 4.78 is 9.94. The van der Waals surface area contributed by atoms with Crippen LogP contribution < -0.4 is 0 Å². The molecule has 0 aromatic heterocycles. The minimum absolute atomic E-state index is 0.380. The molecule has 0 spiro atoms. The number of hydrogen-bond donors (Lipinski definition) is 0. The van der Waals surface area contributed by atoms with E-state index in [-0.39, 0.29) is 5.78 Å². The molecule has 2 unspecified atom stereocenters. The molecule has 2 atom stereocenters. The zero-order valence-corrected chi connectivity index (χ0v) is 16.7. The second kappa shape index (κ2) is 9.51. The Morgan fingerprint density at radius 3 is 1.76 bits per heavy atom. The van der Waals surface area contributed by atoms with E-state index >= 15 is 0 Å². The number of Topliss-reactive ketones (excluding diaryl/α,β-unsaturated/α-hetero) is 1. The lowest BCUT2D eigenvalue weighted by Gasteiger charge is -2.38. The summed E-state index contributed by atoms with van der Waals surface area (Å²) in [5.41, 5.74) is -0.351. The van der Waals surface area contributed by atoms with Gasteiger partial charge in [0.2, 0.25) is 0 Å². The second-order valence-electron chi connectivity index (χ2n) is 6.15. The standard InChI is InChI=1S/C19H28O5Si/c1-6-25(7-2,8-3)17(19(22)24-5)15(18(21)23-4)16(20)14-12-10-9-11-13-14/h9-13,15,17H,6-8H2,1-5H3. The van der Waals surface area contributed by atoms with Crippen LogP contribution in [0.15, 0.2) is 30.3 Å². The lowest BCUT2D eigenvalue weighted by Crippen LogP contribution is -2.50. The highest BCUT2D eigenvalue weighted by Gasteiger charge is 2.52. The van der Waals surface area contributed by atoms with Crippen molar-refractivity contribution in [1.82, 2.24) is 0 Å². The van der Waals surface area contributed by atoms with Crippen LogP contribution in [0.2, 0.25) is 23.7 Å². The Labute approximate surface area is 150 Å². The summed E-state index contributed by atoms with van der Waals surface area (Å²) in [5.74, 6) is -2.70. The summed E-state index contributed by atoms with van der Waals surface area (Å²) in [6.45, 7) is 6.07. The summed E-state index contributed by atoms with van der Waals surface area (Å²) in [5, 5.41) is 0. The summed E-state index contributed by atoms with van der Waals surface area (Å²) in [6, 6.07) is 10.9. The van der Waals surface area contributed by atoms with E-state index in [0.29, 0.717) is 5.56 Å². The second-order valence-corrected chi connectivity index (χ2v) is 11.6. The van der Waals surface area contributed by atoms with Crippen LogP contribution in [0.1, 0.15) is 31.1 Å². The highest BCUT2D eigenvalue weighted by atomic mass is 28.3. The highest BCUT2D eigenvalue weighted by Crippen LogP contribution is 2.41. The van der Waals surface area contributed by atoms with Crippen molar-refractivity contribution in [3.63, 3.8) is 0 Å². The Balaban J connectivity index is 3.52. The zero-order valence-electron chi connectivity index (χ0n) is 15.7. The van der Waals surface area contributed by atoms with Gasteiger partial charge in [-0.1, -0.05) is 69.2 Å². The fourth-order valence-electron chi connectivity index (χ4n) is 3.58. The van der Waals surface area contributed by atoms with Gasteiger partial charge in [0, 0.05) is 5.56 Å². The van der Waals surface area contributed by atoms with Crippen LogP contribution in [0.3, 0.4) is 0 Å². The maximum Gasteiger partial charge on any atom is 0.317 e. The number of hydrogen-bond acceptors (Lipinski definition) is 5. The molecule has 25 heavy (non-hydrogen) atoms. The summed E-state index contributed by atoms with van der Waals surface area (Å²) in [7, 11) is 0.283. The van der Waals surface area contributed by atoms with E-state index in [1.807, 2.05) is 20.8 Å². The summed E-state index contributed by atoms with van der Waals surface area (Å²) in [6.07, 6.45) is 0. The Bertz CT molecular complexity index is 587. The Hall–Kier alpha value is -1.95. The molecule has 1 aromatic rings. The molecule has 0 fully saturated rings. The number of carbonyl (C=O) groups is 3. The molecule has 0 amide bonds. The van der Waals surface area contributed by atoms with Gasteiger partial charge in [0.05, 0.1) is 27.8 Å². The maximum atomic E-state index is 13.1. The lowest BCUT2D eigenvalue weighted by molar-refractivity contribution is -0.150. The Morgan fingerprint density at radius 2 is 1.36 bits per heavy atom. The molecule has 1 rings (SSSR count). The number of rotatable bonds is 9. The van der Waals surface area contributed by atoms with E-state index in [1.165, 1.54) is 14.2 Å². The Kier molecular flexibility index (Phi) is 8.02. The molecule has 0 bridgehead atoms. The third-order valence-corrected chi connectivity index (χ3v) is 11.5. The first kappa shape index (κ1) is 21.1. The quantitative estimate of drug-likeness (QED) is 0.289. The number of carbonyl (C=O) groups excluding carboxylic acids is 3. The molecule has 0 radical (unpaired) electrons. The van der Waals surface area contributed by atoms with Crippen molar-refractivity contribution in [1.29, 1.82) is 0 Å². The van der Waals surface area contributed by atoms with Gasteiger partial charge < -0.3 is 9.47 Å². The zero-order chi connectivity index (χ0) is 19.0. The van der Waals surface area contributed by atoms with Crippen LogP contribution in [-0.2, 0) is 19.1 Å². The maximum absolute atomic E-state index is 13.1. The van der Waals surface area contributed by atoms with E-state index in [0.717, 1.165) is 18.1 Å². The topological polar surface area (TPSA) is 69.7 Å². The van der Waals surface area contributed by atoms with Crippen molar-refractivity contribution in [3.8, 4) is 0 Å². The van der Waals surface area contributed by atoms with Gasteiger partial charge in [-0.15, -0.1) is 0 Å². The van der Waals surface area contributed by atoms with Gasteiger partial charge >= 0.3 is 11.9 Å². The number of ether oxygens (including phenoxy) is 2. The van der Waals surface area contributed by atoms with Gasteiger partial charge in [-0.05, 0) is 0 Å². The van der Waals surface area contributed by atoms with Crippen LogP contribution in [0.5, 0.6) is 0 Å². The van der Waals surface area contributed by atoms with E-state index in [1.54, 1.807) is 30.3 Å². The molecule has 0 aliphatic carbocycles. The molecule has 1 aromatic carbocycles. The van der Waals surface area contributed by atoms with Gasteiger partial charge in [0.15, 0.2) is 5.78 Å². The minimum atomic E-state index is -2.26. The van der Waals surface area contributed by atoms with Gasteiger partial charge in [0.1, 0.15) is 5.92 Å². The first-order valence-electron chi connectivity index (χ1n) is 8.67. The average Bonchev–Trinajstić information content (AvgIpc) is 2.68. The van der Waals surface area contributed by atoms with Crippen molar-refractivity contribution in [2.75, 3.05) is 14.2 Å². The fraction of sp³-hybridized carbons (Fsp3) is 0.526. The minimum Gasteiger partial charge on any atom is -0.469 e. The number of esters is 2.